The molecular weight excluding hydrogens is 410 g/mol. The van der Waals surface area contributed by atoms with Gasteiger partial charge in [-0.3, -0.25) is 15.0 Å². The van der Waals surface area contributed by atoms with Gasteiger partial charge in [-0.25, -0.2) is 9.97 Å². The second kappa shape index (κ2) is 9.09. The normalized spacial score (nSPS) is 16.8. The maximum Gasteiger partial charge on any atom is 0.353 e. The molecule has 0 saturated carbocycles. The minimum absolute atomic E-state index is 0.0570. The van der Waals surface area contributed by atoms with Crippen LogP contribution in [0.15, 0.2) is 30.6 Å². The summed E-state index contributed by atoms with van der Waals surface area (Å²) in [5, 5.41) is 16.4. The van der Waals surface area contributed by atoms with Gasteiger partial charge in [0, 0.05) is 42.8 Å². The van der Waals surface area contributed by atoms with Crippen LogP contribution in [0.4, 0.5) is 17.3 Å². The fraction of sp³-hybridized carbons (Fsp3) is 0.455. The maximum absolute atomic E-state index is 12.0. The van der Waals surface area contributed by atoms with Crippen molar-refractivity contribution in [3.8, 4) is 0 Å². The van der Waals surface area contributed by atoms with Gasteiger partial charge in [0.1, 0.15) is 6.33 Å². The zero-order valence-corrected chi connectivity index (χ0v) is 17.9. The van der Waals surface area contributed by atoms with Gasteiger partial charge in [-0.2, -0.15) is 0 Å². The molecule has 0 spiro atoms. The number of anilines is 2. The summed E-state index contributed by atoms with van der Waals surface area (Å²) in [6.45, 7) is 6.16. The zero-order valence-electron chi connectivity index (χ0n) is 17.9. The Balaban J connectivity index is 1.31. The lowest BCUT2D eigenvalue weighted by atomic mass is 10.0. The van der Waals surface area contributed by atoms with Crippen LogP contribution in [0.1, 0.15) is 17.7 Å². The molecule has 3 aromatic rings. The Labute approximate surface area is 185 Å². The molecule has 0 unspecified atom stereocenters. The number of hydrogen-bond donors (Lipinski definition) is 2. The van der Waals surface area contributed by atoms with Gasteiger partial charge in [0.25, 0.3) is 0 Å². The predicted octanol–water partition coefficient (Wildman–Crippen LogP) is 2.56. The number of para-hydroxylation sites is 1. The summed E-state index contributed by atoms with van der Waals surface area (Å²) in [6, 6.07) is 8.22. The Hall–Kier alpha value is -3.24. The summed E-state index contributed by atoms with van der Waals surface area (Å²) in [5.74, 6) is 0.648. The van der Waals surface area contributed by atoms with Crippen LogP contribution >= 0.6 is 0 Å². The van der Waals surface area contributed by atoms with E-state index in [0.29, 0.717) is 25.5 Å². The molecule has 1 saturated heterocycles. The van der Waals surface area contributed by atoms with E-state index in [1.54, 1.807) is 0 Å². The molecule has 4 heterocycles. The van der Waals surface area contributed by atoms with Gasteiger partial charge in [0.15, 0.2) is 0 Å². The number of aromatic amines is 1. The molecule has 1 aromatic carbocycles. The molecule has 0 amide bonds. The van der Waals surface area contributed by atoms with Gasteiger partial charge >= 0.3 is 5.69 Å². The Kier molecular flexibility index (Phi) is 5.87. The van der Waals surface area contributed by atoms with E-state index in [4.69, 9.17) is 4.74 Å². The van der Waals surface area contributed by atoms with Gasteiger partial charge in [0.05, 0.1) is 24.7 Å². The largest absolute Gasteiger partial charge is 0.379 e. The first-order valence-electron chi connectivity index (χ1n) is 11.1. The van der Waals surface area contributed by atoms with Gasteiger partial charge in [0.2, 0.25) is 11.6 Å². The number of H-pyrrole nitrogens is 1. The highest BCUT2D eigenvalue weighted by molar-refractivity contribution is 5.85. The van der Waals surface area contributed by atoms with Crippen LogP contribution in [0.3, 0.4) is 0 Å². The number of aromatic nitrogens is 3. The molecule has 0 bridgehead atoms. The van der Waals surface area contributed by atoms with Crippen molar-refractivity contribution in [3.63, 3.8) is 0 Å². The Morgan fingerprint density at radius 2 is 2.03 bits per heavy atom. The molecule has 0 aliphatic carbocycles. The van der Waals surface area contributed by atoms with Gasteiger partial charge in [-0.1, -0.05) is 18.2 Å². The minimum atomic E-state index is -0.375. The minimum Gasteiger partial charge on any atom is -0.379 e. The van der Waals surface area contributed by atoms with E-state index in [2.05, 4.69) is 37.3 Å². The second-order valence-electron chi connectivity index (χ2n) is 8.19. The second-order valence-corrected chi connectivity index (χ2v) is 8.19. The number of nitrogens with zero attached hydrogens (tertiary/aromatic N) is 5. The van der Waals surface area contributed by atoms with E-state index < -0.39 is 0 Å². The lowest BCUT2D eigenvalue weighted by Crippen LogP contribution is -2.37. The van der Waals surface area contributed by atoms with Crippen LogP contribution in [-0.2, 0) is 17.7 Å². The van der Waals surface area contributed by atoms with E-state index in [1.807, 2.05) is 17.0 Å². The highest BCUT2D eigenvalue weighted by Crippen LogP contribution is 2.35. The molecule has 168 valence electrons. The highest BCUT2D eigenvalue weighted by atomic mass is 16.6. The molecule has 1 fully saturated rings. The van der Waals surface area contributed by atoms with Crippen molar-refractivity contribution in [2.45, 2.75) is 19.4 Å². The fourth-order valence-corrected chi connectivity index (χ4v) is 4.61. The predicted molar refractivity (Wildman–Crippen MR) is 122 cm³/mol. The molecule has 2 aliphatic rings. The average molecular weight is 438 g/mol. The molecule has 2 aliphatic heterocycles. The van der Waals surface area contributed by atoms with Crippen LogP contribution < -0.4 is 10.2 Å². The highest BCUT2D eigenvalue weighted by Gasteiger charge is 2.30. The van der Waals surface area contributed by atoms with Crippen LogP contribution in [0, 0.1) is 10.1 Å². The van der Waals surface area contributed by atoms with Crippen molar-refractivity contribution in [1.29, 1.82) is 0 Å². The molecule has 0 atom stereocenters. The van der Waals surface area contributed by atoms with Gasteiger partial charge in [-0.05, 0) is 31.0 Å². The number of ether oxygens (including phenoxy) is 1. The summed E-state index contributed by atoms with van der Waals surface area (Å²) >= 11 is 0. The molecule has 2 aromatic heterocycles. The van der Waals surface area contributed by atoms with Crippen molar-refractivity contribution in [2.24, 2.45) is 0 Å². The van der Waals surface area contributed by atoms with E-state index in [1.165, 1.54) is 17.3 Å². The molecule has 10 nitrogen and oxygen atoms in total. The molecule has 10 heteroatoms. The summed E-state index contributed by atoms with van der Waals surface area (Å²) in [6.07, 6.45) is 3.09. The number of morpholine rings is 1. The molecule has 5 rings (SSSR count). The average Bonchev–Trinajstić information content (AvgIpc) is 3.20. The lowest BCUT2D eigenvalue weighted by Gasteiger charge is -2.28. The lowest BCUT2D eigenvalue weighted by molar-refractivity contribution is -0.383. The van der Waals surface area contributed by atoms with Crippen LogP contribution in [-0.4, -0.2) is 70.7 Å². The van der Waals surface area contributed by atoms with E-state index >= 15 is 0 Å². The van der Waals surface area contributed by atoms with Crippen molar-refractivity contribution < 1.29 is 9.66 Å². The topological polar surface area (TPSA) is 112 Å². The number of nitrogens with one attached hydrogen (secondary N) is 2. The van der Waals surface area contributed by atoms with Crippen LogP contribution in [0.25, 0.3) is 10.9 Å². The summed E-state index contributed by atoms with van der Waals surface area (Å²) < 4.78 is 5.37. The van der Waals surface area contributed by atoms with Crippen molar-refractivity contribution in [1.82, 2.24) is 19.9 Å². The molecule has 2 N–H and O–H groups in total. The Morgan fingerprint density at radius 1 is 1.19 bits per heavy atom. The number of benzene rings is 1. The smallest absolute Gasteiger partial charge is 0.353 e. The molecular formula is C22H27N7O3. The summed E-state index contributed by atoms with van der Waals surface area (Å²) in [7, 11) is 0. The fourth-order valence-electron chi connectivity index (χ4n) is 4.61. The van der Waals surface area contributed by atoms with E-state index in [-0.39, 0.29) is 16.4 Å². The van der Waals surface area contributed by atoms with Gasteiger partial charge in [-0.15, -0.1) is 0 Å². The summed E-state index contributed by atoms with van der Waals surface area (Å²) in [4.78, 5) is 27.9. The number of hydrogen-bond acceptors (Lipinski definition) is 8. The number of rotatable bonds is 7. The quantitative estimate of drug-likeness (QED) is 0.329. The van der Waals surface area contributed by atoms with Crippen LogP contribution in [0.2, 0.25) is 0 Å². The standard InChI is InChI=1S/C22H27N7O3/c30-29(31)20-21(23-7-3-8-27-10-12-32-13-11-27)24-15-25-22(20)28-9-6-17-16-4-1-2-5-18(16)26-19(17)14-28/h1-2,4-5,15,26H,3,6-14H2,(H,23,24,25). The van der Waals surface area contributed by atoms with Crippen molar-refractivity contribution >= 4 is 28.2 Å². The first-order chi connectivity index (χ1) is 15.7. The van der Waals surface area contributed by atoms with Crippen molar-refractivity contribution in [3.05, 3.63) is 52.0 Å². The van der Waals surface area contributed by atoms with Crippen LogP contribution in [0.5, 0.6) is 0 Å². The SMILES string of the molecule is O=[N+]([O-])c1c(NCCCN2CCOCC2)ncnc1N1CCc2c([nH]c3ccccc23)C1. The molecule has 0 radical (unpaired) electrons. The Morgan fingerprint density at radius 3 is 2.88 bits per heavy atom. The third-order valence-corrected chi connectivity index (χ3v) is 6.22. The number of nitro groups is 1. The summed E-state index contributed by atoms with van der Waals surface area (Å²) in [5.41, 5.74) is 3.41. The monoisotopic (exact) mass is 437 g/mol. The Bertz CT molecular complexity index is 1110. The maximum atomic E-state index is 12.0. The number of fused-ring (bicyclic) bond motifs is 3. The first kappa shape index (κ1) is 20.7. The molecule has 32 heavy (non-hydrogen) atoms. The van der Waals surface area contributed by atoms with E-state index in [0.717, 1.165) is 56.9 Å². The third kappa shape index (κ3) is 4.11. The third-order valence-electron chi connectivity index (χ3n) is 6.22. The first-order valence-corrected chi connectivity index (χ1v) is 11.1. The van der Waals surface area contributed by atoms with E-state index in [9.17, 15) is 10.1 Å². The zero-order chi connectivity index (χ0) is 21.9. The van der Waals surface area contributed by atoms with Gasteiger partial charge < -0.3 is 19.9 Å². The van der Waals surface area contributed by atoms with Crippen molar-refractivity contribution in [2.75, 3.05) is 56.2 Å².